The van der Waals surface area contributed by atoms with E-state index in [0.717, 1.165) is 11.1 Å². The summed E-state index contributed by atoms with van der Waals surface area (Å²) in [4.78, 5) is 11.2. The molecule has 3 heteroatoms. The van der Waals surface area contributed by atoms with Gasteiger partial charge in [0.05, 0.1) is 0 Å². The molecular formula is C17H26O3. The van der Waals surface area contributed by atoms with Gasteiger partial charge in [0.2, 0.25) is 0 Å². The molecule has 0 fully saturated rings. The maximum absolute atomic E-state index is 11.2. The predicted octanol–water partition coefficient (Wildman–Crippen LogP) is 3.56. The van der Waals surface area contributed by atoms with E-state index in [1.165, 1.54) is 0 Å². The molecule has 0 bridgehead atoms. The Labute approximate surface area is 121 Å². The lowest BCUT2D eigenvalue weighted by Gasteiger charge is -2.34. The van der Waals surface area contributed by atoms with Gasteiger partial charge in [-0.2, -0.15) is 0 Å². The highest BCUT2D eigenvalue weighted by Crippen LogP contribution is 2.39. The van der Waals surface area contributed by atoms with E-state index >= 15 is 0 Å². The summed E-state index contributed by atoms with van der Waals surface area (Å²) in [7, 11) is 0. The number of carbonyl (C=O) groups is 1. The standard InChI is InChI=1S/C17H26O3/c1-16(2,3)12-9-7-8-11(10-12)13(17(4,5)6)14(18)15(19)20/h7-10,13-14,18H,1-6H3,(H,19,20). The fourth-order valence-corrected chi connectivity index (χ4v) is 2.50. The Hall–Kier alpha value is -1.35. The summed E-state index contributed by atoms with van der Waals surface area (Å²) in [6, 6.07) is 7.89. The van der Waals surface area contributed by atoms with Gasteiger partial charge in [-0.15, -0.1) is 0 Å². The Morgan fingerprint density at radius 2 is 1.65 bits per heavy atom. The lowest BCUT2D eigenvalue weighted by molar-refractivity contribution is -0.149. The fraction of sp³-hybridized carbons (Fsp3) is 0.588. The highest BCUT2D eigenvalue weighted by Gasteiger charge is 2.37. The van der Waals surface area contributed by atoms with Crippen LogP contribution in [0.25, 0.3) is 0 Å². The largest absolute Gasteiger partial charge is 0.479 e. The smallest absolute Gasteiger partial charge is 0.333 e. The summed E-state index contributed by atoms with van der Waals surface area (Å²) < 4.78 is 0. The van der Waals surface area contributed by atoms with Crippen LogP contribution in [0.2, 0.25) is 0 Å². The van der Waals surface area contributed by atoms with E-state index in [1.54, 1.807) is 0 Å². The van der Waals surface area contributed by atoms with Crippen molar-refractivity contribution in [1.29, 1.82) is 0 Å². The van der Waals surface area contributed by atoms with Crippen molar-refractivity contribution in [1.82, 2.24) is 0 Å². The van der Waals surface area contributed by atoms with Crippen LogP contribution in [-0.4, -0.2) is 22.3 Å². The molecule has 0 saturated heterocycles. The van der Waals surface area contributed by atoms with Gasteiger partial charge in [-0.25, -0.2) is 4.79 Å². The molecule has 0 aliphatic rings. The zero-order valence-corrected chi connectivity index (χ0v) is 13.3. The molecule has 2 unspecified atom stereocenters. The van der Waals surface area contributed by atoms with Gasteiger partial charge in [-0.05, 0) is 22.0 Å². The van der Waals surface area contributed by atoms with Gasteiger partial charge in [-0.1, -0.05) is 65.8 Å². The molecule has 112 valence electrons. The second kappa shape index (κ2) is 5.57. The van der Waals surface area contributed by atoms with E-state index in [-0.39, 0.29) is 10.8 Å². The van der Waals surface area contributed by atoms with Crippen LogP contribution < -0.4 is 0 Å². The molecule has 1 aromatic rings. The maximum atomic E-state index is 11.2. The van der Waals surface area contributed by atoms with Crippen LogP contribution >= 0.6 is 0 Å². The molecule has 20 heavy (non-hydrogen) atoms. The van der Waals surface area contributed by atoms with Crippen LogP contribution in [0.5, 0.6) is 0 Å². The average molecular weight is 278 g/mol. The number of hydrogen-bond donors (Lipinski definition) is 2. The molecule has 2 atom stereocenters. The third-order valence-corrected chi connectivity index (χ3v) is 3.61. The maximum Gasteiger partial charge on any atom is 0.333 e. The Morgan fingerprint density at radius 1 is 1.10 bits per heavy atom. The van der Waals surface area contributed by atoms with E-state index in [9.17, 15) is 9.90 Å². The lowest BCUT2D eigenvalue weighted by Crippen LogP contribution is -2.36. The molecule has 0 aliphatic heterocycles. The number of aliphatic hydroxyl groups excluding tert-OH is 1. The first kappa shape index (κ1) is 16.7. The Bertz CT molecular complexity index is 478. The molecule has 1 rings (SSSR count). The van der Waals surface area contributed by atoms with Crippen molar-refractivity contribution in [3.63, 3.8) is 0 Å². The summed E-state index contributed by atoms with van der Waals surface area (Å²) in [6.45, 7) is 12.2. The molecule has 0 aliphatic carbocycles. The minimum atomic E-state index is -1.40. The number of carboxylic acids is 1. The van der Waals surface area contributed by atoms with Crippen molar-refractivity contribution in [3.05, 3.63) is 35.4 Å². The highest BCUT2D eigenvalue weighted by molar-refractivity contribution is 5.73. The van der Waals surface area contributed by atoms with Gasteiger partial charge < -0.3 is 10.2 Å². The van der Waals surface area contributed by atoms with Gasteiger partial charge in [0.15, 0.2) is 6.10 Å². The number of hydrogen-bond acceptors (Lipinski definition) is 2. The van der Waals surface area contributed by atoms with Gasteiger partial charge in [0, 0.05) is 5.92 Å². The second-order valence-corrected chi connectivity index (χ2v) is 7.50. The quantitative estimate of drug-likeness (QED) is 0.888. The SMILES string of the molecule is CC(C)(C)c1cccc(C(C(O)C(=O)O)C(C)(C)C)c1. The summed E-state index contributed by atoms with van der Waals surface area (Å²) in [5, 5.41) is 19.2. The number of carboxylic acid groups (broad SMARTS) is 1. The van der Waals surface area contributed by atoms with Crippen LogP contribution in [0.15, 0.2) is 24.3 Å². The summed E-state index contributed by atoms with van der Waals surface area (Å²) in [5.74, 6) is -1.62. The average Bonchev–Trinajstić information content (AvgIpc) is 2.26. The molecule has 1 aromatic carbocycles. The normalized spacial score (nSPS) is 15.8. The van der Waals surface area contributed by atoms with Gasteiger partial charge in [0.1, 0.15) is 0 Å². The monoisotopic (exact) mass is 278 g/mol. The minimum Gasteiger partial charge on any atom is -0.479 e. The van der Waals surface area contributed by atoms with Gasteiger partial charge >= 0.3 is 5.97 Å². The molecule has 0 amide bonds. The van der Waals surface area contributed by atoms with Crippen molar-refractivity contribution < 1.29 is 15.0 Å². The highest BCUT2D eigenvalue weighted by atomic mass is 16.4. The minimum absolute atomic E-state index is 0.00732. The number of aliphatic carboxylic acids is 1. The molecule has 0 radical (unpaired) electrons. The van der Waals surface area contributed by atoms with Crippen molar-refractivity contribution in [2.75, 3.05) is 0 Å². The first-order chi connectivity index (χ1) is 8.94. The van der Waals surface area contributed by atoms with E-state index < -0.39 is 18.0 Å². The van der Waals surface area contributed by atoms with Crippen molar-refractivity contribution in [2.45, 2.75) is 59.0 Å². The Kier molecular flexibility index (Phi) is 4.65. The Balaban J connectivity index is 3.32. The summed E-state index contributed by atoms with van der Waals surface area (Å²) in [6.07, 6.45) is -1.40. The molecule has 0 heterocycles. The Morgan fingerprint density at radius 3 is 2.05 bits per heavy atom. The third kappa shape index (κ3) is 3.83. The third-order valence-electron chi connectivity index (χ3n) is 3.61. The molecule has 3 nitrogen and oxygen atoms in total. The summed E-state index contributed by atoms with van der Waals surface area (Å²) in [5.41, 5.74) is 1.67. The van der Waals surface area contributed by atoms with Crippen LogP contribution in [0.4, 0.5) is 0 Å². The first-order valence-corrected chi connectivity index (χ1v) is 6.96. The van der Waals surface area contributed by atoms with E-state index in [2.05, 4.69) is 20.8 Å². The van der Waals surface area contributed by atoms with Crippen molar-refractivity contribution in [3.8, 4) is 0 Å². The molecule has 2 N–H and O–H groups in total. The first-order valence-electron chi connectivity index (χ1n) is 6.96. The van der Waals surface area contributed by atoms with E-state index in [0.29, 0.717) is 0 Å². The lowest BCUT2D eigenvalue weighted by atomic mass is 9.72. The number of rotatable bonds is 3. The van der Waals surface area contributed by atoms with Crippen LogP contribution in [0, 0.1) is 5.41 Å². The van der Waals surface area contributed by atoms with Crippen molar-refractivity contribution >= 4 is 5.97 Å². The van der Waals surface area contributed by atoms with Gasteiger partial charge in [0.25, 0.3) is 0 Å². The molecule has 0 aromatic heterocycles. The van der Waals surface area contributed by atoms with E-state index in [1.807, 2.05) is 45.0 Å². The predicted molar refractivity (Wildman–Crippen MR) is 81.0 cm³/mol. The second-order valence-electron chi connectivity index (χ2n) is 7.50. The fourth-order valence-electron chi connectivity index (χ4n) is 2.50. The van der Waals surface area contributed by atoms with Crippen molar-refractivity contribution in [2.24, 2.45) is 5.41 Å². The number of benzene rings is 1. The van der Waals surface area contributed by atoms with Gasteiger partial charge in [-0.3, -0.25) is 0 Å². The molecular weight excluding hydrogens is 252 g/mol. The number of aliphatic hydroxyl groups is 1. The van der Waals surface area contributed by atoms with Crippen LogP contribution in [0.1, 0.15) is 58.6 Å². The summed E-state index contributed by atoms with van der Waals surface area (Å²) >= 11 is 0. The zero-order chi connectivity index (χ0) is 15.7. The zero-order valence-electron chi connectivity index (χ0n) is 13.3. The molecule has 0 spiro atoms. The topological polar surface area (TPSA) is 57.5 Å². The van der Waals surface area contributed by atoms with Crippen LogP contribution in [-0.2, 0) is 10.2 Å². The van der Waals surface area contributed by atoms with Crippen LogP contribution in [0.3, 0.4) is 0 Å². The molecule has 0 saturated carbocycles. The van der Waals surface area contributed by atoms with E-state index in [4.69, 9.17) is 5.11 Å².